The average Bonchev–Trinajstić information content (AvgIpc) is 2.62. The Morgan fingerprint density at radius 2 is 2.19 bits per heavy atom. The fourth-order valence-corrected chi connectivity index (χ4v) is 1.71. The number of aliphatic hydroxyl groups excluding tert-OH is 1. The van der Waals surface area contributed by atoms with Crippen molar-refractivity contribution in [1.29, 1.82) is 5.26 Å². The maximum absolute atomic E-state index is 12.7. The van der Waals surface area contributed by atoms with Crippen LogP contribution in [0, 0.1) is 16.7 Å². The van der Waals surface area contributed by atoms with Gasteiger partial charge in [-0.2, -0.15) is 18.4 Å². The van der Waals surface area contributed by atoms with E-state index in [0.29, 0.717) is 0 Å². The van der Waals surface area contributed by atoms with E-state index in [0.717, 1.165) is 4.90 Å². The molecule has 1 fully saturated rings. The van der Waals surface area contributed by atoms with Crippen LogP contribution in [0.15, 0.2) is 0 Å². The number of halogens is 3. The predicted molar refractivity (Wildman–Crippen MR) is 47.0 cm³/mol. The number of alkyl halides is 3. The third-order valence-electron chi connectivity index (χ3n) is 2.84. The molecule has 0 bridgehead atoms. The highest BCUT2D eigenvalue weighted by atomic mass is 19.4. The fraction of sp³-hybridized carbons (Fsp3) is 0.778. The number of hydrogen-bond acceptors (Lipinski definition) is 3. The van der Waals surface area contributed by atoms with Crippen LogP contribution >= 0.6 is 0 Å². The van der Waals surface area contributed by atoms with E-state index in [1.165, 1.54) is 0 Å². The normalized spacial score (nSPS) is 25.6. The predicted octanol–water partition coefficient (Wildman–Crippen LogP) is 0.673. The number of amides is 1. The number of carbonyl (C=O) groups excluding carboxylic acids is 1. The lowest BCUT2D eigenvalue weighted by molar-refractivity contribution is -0.230. The highest BCUT2D eigenvalue weighted by molar-refractivity contribution is 5.78. The Bertz CT molecular complexity index is 324. The van der Waals surface area contributed by atoms with Gasteiger partial charge < -0.3 is 10.0 Å². The Morgan fingerprint density at radius 1 is 1.56 bits per heavy atom. The summed E-state index contributed by atoms with van der Waals surface area (Å²) in [5.41, 5.74) is -2.22. The first-order valence-corrected chi connectivity index (χ1v) is 4.68. The standard InChI is InChI=1S/C9H11F3N2O2/c10-9(11,12)8(6-15)2-4-14(5-8)7(16)1-3-13/h15H,1-2,4-6H2/t8-/m1/s1. The Balaban J connectivity index is 2.77. The second-order valence-corrected chi connectivity index (χ2v) is 3.84. The van der Waals surface area contributed by atoms with E-state index in [1.807, 2.05) is 0 Å². The minimum atomic E-state index is -4.54. The third kappa shape index (κ3) is 2.11. The molecule has 0 saturated carbocycles. The molecule has 0 radical (unpaired) electrons. The van der Waals surface area contributed by atoms with Crippen LogP contribution in [0.2, 0.25) is 0 Å². The van der Waals surface area contributed by atoms with Crippen molar-refractivity contribution in [2.24, 2.45) is 5.41 Å². The number of hydrogen-bond donors (Lipinski definition) is 1. The van der Waals surface area contributed by atoms with Gasteiger partial charge in [0.15, 0.2) is 0 Å². The number of rotatable bonds is 2. The van der Waals surface area contributed by atoms with Crippen LogP contribution in [-0.4, -0.2) is 41.8 Å². The third-order valence-corrected chi connectivity index (χ3v) is 2.84. The minimum Gasteiger partial charge on any atom is -0.395 e. The van der Waals surface area contributed by atoms with Crippen molar-refractivity contribution in [3.05, 3.63) is 0 Å². The molecule has 7 heteroatoms. The molecule has 0 unspecified atom stereocenters. The van der Waals surface area contributed by atoms with E-state index in [9.17, 15) is 18.0 Å². The van der Waals surface area contributed by atoms with Gasteiger partial charge in [0.2, 0.25) is 5.91 Å². The van der Waals surface area contributed by atoms with Gasteiger partial charge >= 0.3 is 6.18 Å². The van der Waals surface area contributed by atoms with Gasteiger partial charge in [0, 0.05) is 13.1 Å². The molecule has 16 heavy (non-hydrogen) atoms. The number of aliphatic hydroxyl groups is 1. The van der Waals surface area contributed by atoms with Gasteiger partial charge in [-0.3, -0.25) is 4.79 Å². The van der Waals surface area contributed by atoms with Gasteiger partial charge in [-0.1, -0.05) is 0 Å². The maximum Gasteiger partial charge on any atom is 0.398 e. The lowest BCUT2D eigenvalue weighted by Crippen LogP contribution is -2.44. The summed E-state index contributed by atoms with van der Waals surface area (Å²) in [7, 11) is 0. The first-order chi connectivity index (χ1) is 7.36. The molecule has 1 aliphatic rings. The van der Waals surface area contributed by atoms with Gasteiger partial charge in [-0.05, 0) is 6.42 Å². The summed E-state index contributed by atoms with van der Waals surface area (Å²) in [6.07, 6.45) is -5.28. The van der Waals surface area contributed by atoms with Crippen molar-refractivity contribution in [3.8, 4) is 6.07 Å². The molecule has 0 aliphatic carbocycles. The summed E-state index contributed by atoms with van der Waals surface area (Å²) in [4.78, 5) is 12.2. The van der Waals surface area contributed by atoms with E-state index in [1.54, 1.807) is 6.07 Å². The molecule has 0 spiro atoms. The summed E-state index contributed by atoms with van der Waals surface area (Å²) >= 11 is 0. The van der Waals surface area contributed by atoms with Gasteiger partial charge in [-0.15, -0.1) is 0 Å². The largest absolute Gasteiger partial charge is 0.398 e. The van der Waals surface area contributed by atoms with E-state index >= 15 is 0 Å². The summed E-state index contributed by atoms with van der Waals surface area (Å²) in [5.74, 6) is -0.623. The van der Waals surface area contributed by atoms with Crippen molar-refractivity contribution in [3.63, 3.8) is 0 Å². The summed E-state index contributed by atoms with van der Waals surface area (Å²) in [5, 5.41) is 17.1. The van der Waals surface area contributed by atoms with Crippen LogP contribution in [0.4, 0.5) is 13.2 Å². The Morgan fingerprint density at radius 3 is 2.56 bits per heavy atom. The zero-order chi connectivity index (χ0) is 12.4. The fourth-order valence-electron chi connectivity index (χ4n) is 1.71. The van der Waals surface area contributed by atoms with Crippen LogP contribution in [0.5, 0.6) is 0 Å². The first-order valence-electron chi connectivity index (χ1n) is 4.68. The molecule has 0 aromatic heterocycles. The SMILES string of the molecule is N#CCC(=O)N1CC[C@@](CO)(C(F)(F)F)C1. The number of nitrogens with zero attached hydrogens (tertiary/aromatic N) is 2. The molecule has 1 amide bonds. The van der Waals surface area contributed by atoms with Gasteiger partial charge in [-0.25, -0.2) is 0 Å². The van der Waals surface area contributed by atoms with E-state index in [4.69, 9.17) is 10.4 Å². The van der Waals surface area contributed by atoms with E-state index < -0.39 is 37.1 Å². The second-order valence-electron chi connectivity index (χ2n) is 3.84. The zero-order valence-corrected chi connectivity index (χ0v) is 8.42. The molecule has 1 aliphatic heterocycles. The molecule has 1 heterocycles. The molecule has 1 N–H and O–H groups in total. The topological polar surface area (TPSA) is 64.3 Å². The monoisotopic (exact) mass is 236 g/mol. The van der Waals surface area contributed by atoms with Crippen molar-refractivity contribution in [2.45, 2.75) is 19.0 Å². The smallest absolute Gasteiger partial charge is 0.395 e. The molecule has 0 aromatic carbocycles. The molecular weight excluding hydrogens is 225 g/mol. The summed E-state index contributed by atoms with van der Waals surface area (Å²) in [6, 6.07) is 1.59. The van der Waals surface area contributed by atoms with Crippen molar-refractivity contribution >= 4 is 5.91 Å². The van der Waals surface area contributed by atoms with E-state index in [2.05, 4.69) is 0 Å². The molecular formula is C9H11F3N2O2. The maximum atomic E-state index is 12.7. The quantitative estimate of drug-likeness (QED) is 0.766. The number of nitriles is 1. The van der Waals surface area contributed by atoms with Gasteiger partial charge in [0.05, 0.1) is 12.7 Å². The molecule has 4 nitrogen and oxygen atoms in total. The Hall–Kier alpha value is -1.29. The van der Waals surface area contributed by atoms with Crippen LogP contribution in [0.25, 0.3) is 0 Å². The lowest BCUT2D eigenvalue weighted by Gasteiger charge is -2.29. The van der Waals surface area contributed by atoms with Gasteiger partial charge in [0.1, 0.15) is 11.8 Å². The highest BCUT2D eigenvalue weighted by Crippen LogP contribution is 2.45. The minimum absolute atomic E-state index is 0.0689. The van der Waals surface area contributed by atoms with Crippen molar-refractivity contribution in [1.82, 2.24) is 4.90 Å². The molecule has 1 saturated heterocycles. The zero-order valence-electron chi connectivity index (χ0n) is 8.42. The highest BCUT2D eigenvalue weighted by Gasteiger charge is 2.58. The van der Waals surface area contributed by atoms with Crippen LogP contribution in [0.1, 0.15) is 12.8 Å². The molecule has 1 rings (SSSR count). The summed E-state index contributed by atoms with van der Waals surface area (Å²) in [6.45, 7) is -1.67. The second kappa shape index (κ2) is 4.29. The van der Waals surface area contributed by atoms with Crippen LogP contribution < -0.4 is 0 Å². The Labute approximate surface area is 90.3 Å². The average molecular weight is 236 g/mol. The van der Waals surface area contributed by atoms with Crippen molar-refractivity contribution in [2.75, 3.05) is 19.7 Å². The number of likely N-dealkylation sites (tertiary alicyclic amines) is 1. The molecule has 90 valence electrons. The molecule has 0 aromatic rings. The van der Waals surface area contributed by atoms with Crippen molar-refractivity contribution < 1.29 is 23.1 Å². The van der Waals surface area contributed by atoms with Crippen LogP contribution in [0.3, 0.4) is 0 Å². The lowest BCUT2D eigenvalue weighted by atomic mass is 9.87. The Kier molecular flexibility index (Phi) is 3.43. The first kappa shape index (κ1) is 12.8. The number of carbonyl (C=O) groups is 1. The van der Waals surface area contributed by atoms with Gasteiger partial charge in [0.25, 0.3) is 0 Å². The van der Waals surface area contributed by atoms with E-state index in [-0.39, 0.29) is 13.0 Å². The van der Waals surface area contributed by atoms with Crippen LogP contribution in [-0.2, 0) is 4.79 Å². The molecule has 1 atom stereocenters. The summed E-state index contributed by atoms with van der Waals surface area (Å²) < 4.78 is 38.0.